The number of aliphatic hydroxyl groups excluding tert-OH is 1. The molecule has 1 unspecified atom stereocenters. The van der Waals surface area contributed by atoms with Gasteiger partial charge in [-0.1, -0.05) is 20.8 Å². The Balaban J connectivity index is 2.51. The van der Waals surface area contributed by atoms with E-state index in [0.29, 0.717) is 17.9 Å². The Bertz CT molecular complexity index is 402. The molecular formula is C15H25NO3S. The van der Waals surface area contributed by atoms with E-state index in [4.69, 9.17) is 4.74 Å². The van der Waals surface area contributed by atoms with Crippen LogP contribution in [-0.4, -0.2) is 42.2 Å². The lowest BCUT2D eigenvalue weighted by Crippen LogP contribution is -2.25. The lowest BCUT2D eigenvalue weighted by molar-refractivity contribution is 0.0511. The second-order valence-corrected chi connectivity index (χ2v) is 5.78. The Kier molecular flexibility index (Phi) is 7.80. The molecule has 0 radical (unpaired) electrons. The summed E-state index contributed by atoms with van der Waals surface area (Å²) in [6, 6.07) is 3.55. The lowest BCUT2D eigenvalue weighted by atomic mass is 10.2. The van der Waals surface area contributed by atoms with Crippen molar-refractivity contribution in [3.63, 3.8) is 0 Å². The molecule has 1 N–H and O–H groups in total. The van der Waals surface area contributed by atoms with Crippen LogP contribution in [0.4, 0.5) is 0 Å². The van der Waals surface area contributed by atoms with Crippen molar-refractivity contribution in [2.24, 2.45) is 0 Å². The molecule has 0 saturated heterocycles. The van der Waals surface area contributed by atoms with Gasteiger partial charge < -0.3 is 14.7 Å². The maximum Gasteiger partial charge on any atom is 0.348 e. The lowest BCUT2D eigenvalue weighted by Gasteiger charge is -2.19. The number of hydrogen-bond acceptors (Lipinski definition) is 5. The molecule has 0 aliphatic rings. The summed E-state index contributed by atoms with van der Waals surface area (Å²) in [5, 5.41) is 10.2. The summed E-state index contributed by atoms with van der Waals surface area (Å²) >= 11 is 1.32. The van der Waals surface area contributed by atoms with Gasteiger partial charge in [-0.2, -0.15) is 0 Å². The van der Waals surface area contributed by atoms with Crippen LogP contribution in [0.3, 0.4) is 0 Å². The summed E-state index contributed by atoms with van der Waals surface area (Å²) in [7, 11) is 0. The van der Waals surface area contributed by atoms with Crippen LogP contribution in [0.15, 0.2) is 12.1 Å². The van der Waals surface area contributed by atoms with Gasteiger partial charge in [0.15, 0.2) is 0 Å². The van der Waals surface area contributed by atoms with E-state index in [1.54, 1.807) is 6.07 Å². The number of nitrogens with zero attached hydrogens (tertiary/aromatic N) is 1. The Hall–Kier alpha value is -0.910. The number of thiophene rings is 1. The van der Waals surface area contributed by atoms with E-state index in [1.165, 1.54) is 11.3 Å². The van der Waals surface area contributed by atoms with Crippen LogP contribution in [-0.2, 0) is 4.74 Å². The third-order valence-corrected chi connectivity index (χ3v) is 4.37. The average molecular weight is 299 g/mol. The van der Waals surface area contributed by atoms with Crippen molar-refractivity contribution in [1.29, 1.82) is 0 Å². The zero-order valence-electron chi connectivity index (χ0n) is 12.6. The van der Waals surface area contributed by atoms with Gasteiger partial charge in [0, 0.05) is 11.4 Å². The standard InChI is InChI=1S/C15H25NO3S/c1-4-11-19-15(18)14-8-7-13(20-14)12(17)9-10-16(5-2)6-3/h7-8,12,17H,4-6,9-11H2,1-3H3. The predicted molar refractivity (Wildman–Crippen MR) is 82.3 cm³/mol. The minimum atomic E-state index is -0.506. The Morgan fingerprint density at radius 3 is 2.65 bits per heavy atom. The van der Waals surface area contributed by atoms with Gasteiger partial charge in [-0.15, -0.1) is 11.3 Å². The van der Waals surface area contributed by atoms with Crippen LogP contribution in [0.1, 0.15) is 54.3 Å². The van der Waals surface area contributed by atoms with E-state index in [1.807, 2.05) is 13.0 Å². The Labute approximate surface area is 125 Å². The zero-order valence-corrected chi connectivity index (χ0v) is 13.4. The molecule has 1 aromatic heterocycles. The van der Waals surface area contributed by atoms with Crippen LogP contribution in [0.5, 0.6) is 0 Å². The third-order valence-electron chi connectivity index (χ3n) is 3.21. The van der Waals surface area contributed by atoms with Crippen molar-refractivity contribution >= 4 is 17.3 Å². The largest absolute Gasteiger partial charge is 0.462 e. The smallest absolute Gasteiger partial charge is 0.348 e. The number of aliphatic hydroxyl groups is 1. The summed E-state index contributed by atoms with van der Waals surface area (Å²) in [6.45, 7) is 9.47. The highest BCUT2D eigenvalue weighted by Crippen LogP contribution is 2.26. The molecule has 114 valence electrons. The first-order chi connectivity index (χ1) is 9.62. The Morgan fingerprint density at radius 2 is 2.05 bits per heavy atom. The maximum atomic E-state index is 11.7. The van der Waals surface area contributed by atoms with Gasteiger partial charge in [0.1, 0.15) is 4.88 Å². The molecule has 4 nitrogen and oxygen atoms in total. The van der Waals surface area contributed by atoms with Crippen LogP contribution in [0, 0.1) is 0 Å². The van der Waals surface area contributed by atoms with Gasteiger partial charge in [-0.3, -0.25) is 0 Å². The molecule has 0 spiro atoms. The number of carbonyl (C=O) groups is 1. The number of rotatable bonds is 9. The van der Waals surface area contributed by atoms with E-state index in [0.717, 1.165) is 30.9 Å². The molecule has 0 aliphatic carbocycles. The highest BCUT2D eigenvalue weighted by atomic mass is 32.1. The number of carbonyl (C=O) groups excluding carboxylic acids is 1. The van der Waals surface area contributed by atoms with E-state index in [9.17, 15) is 9.90 Å². The highest BCUT2D eigenvalue weighted by molar-refractivity contribution is 7.14. The monoisotopic (exact) mass is 299 g/mol. The molecule has 0 fully saturated rings. The van der Waals surface area contributed by atoms with Crippen molar-refractivity contribution in [1.82, 2.24) is 4.90 Å². The van der Waals surface area contributed by atoms with Crippen molar-refractivity contribution in [2.75, 3.05) is 26.2 Å². The fraction of sp³-hybridized carbons (Fsp3) is 0.667. The zero-order chi connectivity index (χ0) is 15.0. The maximum absolute atomic E-state index is 11.7. The molecule has 1 rings (SSSR count). The van der Waals surface area contributed by atoms with Gasteiger partial charge >= 0.3 is 5.97 Å². The second-order valence-electron chi connectivity index (χ2n) is 4.67. The second kappa shape index (κ2) is 9.10. The van der Waals surface area contributed by atoms with Crippen LogP contribution in [0.25, 0.3) is 0 Å². The van der Waals surface area contributed by atoms with Crippen LogP contribution < -0.4 is 0 Å². The number of esters is 1. The minimum Gasteiger partial charge on any atom is -0.462 e. The third kappa shape index (κ3) is 5.23. The molecule has 1 atom stereocenters. The highest BCUT2D eigenvalue weighted by Gasteiger charge is 2.15. The molecule has 0 saturated carbocycles. The van der Waals surface area contributed by atoms with Crippen molar-refractivity contribution in [3.05, 3.63) is 21.9 Å². The van der Waals surface area contributed by atoms with Crippen molar-refractivity contribution < 1.29 is 14.6 Å². The quantitative estimate of drug-likeness (QED) is 0.712. The summed E-state index contributed by atoms with van der Waals surface area (Å²) < 4.78 is 5.08. The normalized spacial score (nSPS) is 12.7. The minimum absolute atomic E-state index is 0.293. The summed E-state index contributed by atoms with van der Waals surface area (Å²) in [6.07, 6.45) is 0.996. The van der Waals surface area contributed by atoms with Gasteiger partial charge in [0.2, 0.25) is 0 Å². The molecular weight excluding hydrogens is 274 g/mol. The molecule has 0 aromatic carbocycles. The topological polar surface area (TPSA) is 49.8 Å². The molecule has 5 heteroatoms. The molecule has 0 aliphatic heterocycles. The summed E-state index contributed by atoms with van der Waals surface area (Å²) in [5.41, 5.74) is 0. The van der Waals surface area contributed by atoms with Gasteiger partial charge in [0.05, 0.1) is 12.7 Å². The fourth-order valence-corrected chi connectivity index (χ4v) is 2.82. The van der Waals surface area contributed by atoms with Crippen LogP contribution >= 0.6 is 11.3 Å². The fourth-order valence-electron chi connectivity index (χ4n) is 1.89. The van der Waals surface area contributed by atoms with Crippen molar-refractivity contribution in [2.45, 2.75) is 39.7 Å². The van der Waals surface area contributed by atoms with E-state index in [2.05, 4.69) is 18.7 Å². The van der Waals surface area contributed by atoms with Crippen LogP contribution in [0.2, 0.25) is 0 Å². The molecule has 0 bridgehead atoms. The predicted octanol–water partition coefficient (Wildman–Crippen LogP) is 3.08. The SMILES string of the molecule is CCCOC(=O)c1ccc(C(O)CCN(CC)CC)s1. The van der Waals surface area contributed by atoms with Gasteiger partial charge in [-0.05, 0) is 38.1 Å². The summed E-state index contributed by atoms with van der Waals surface area (Å²) in [4.78, 5) is 15.4. The first-order valence-corrected chi connectivity index (χ1v) is 8.11. The number of hydrogen-bond donors (Lipinski definition) is 1. The van der Waals surface area contributed by atoms with E-state index in [-0.39, 0.29) is 5.97 Å². The number of ether oxygens (including phenoxy) is 1. The summed E-state index contributed by atoms with van der Waals surface area (Å²) in [5.74, 6) is -0.293. The average Bonchev–Trinajstić information content (AvgIpc) is 2.95. The van der Waals surface area contributed by atoms with Gasteiger partial charge in [0.25, 0.3) is 0 Å². The van der Waals surface area contributed by atoms with E-state index < -0.39 is 6.10 Å². The molecule has 1 aromatic rings. The molecule has 0 amide bonds. The van der Waals surface area contributed by atoms with Crippen molar-refractivity contribution in [3.8, 4) is 0 Å². The molecule has 1 heterocycles. The first-order valence-electron chi connectivity index (χ1n) is 7.29. The van der Waals surface area contributed by atoms with Gasteiger partial charge in [-0.25, -0.2) is 4.79 Å². The Morgan fingerprint density at radius 1 is 1.35 bits per heavy atom. The van der Waals surface area contributed by atoms with E-state index >= 15 is 0 Å². The first kappa shape index (κ1) is 17.1. The molecule has 20 heavy (non-hydrogen) atoms.